The van der Waals surface area contributed by atoms with Crippen LogP contribution in [0.5, 0.6) is 0 Å². The van der Waals surface area contributed by atoms with Gasteiger partial charge >= 0.3 is 0 Å². The van der Waals surface area contributed by atoms with Crippen LogP contribution < -0.4 is 0 Å². The molecule has 10 aromatic rings. The first kappa shape index (κ1) is 23.7. The predicted octanol–water partition coefficient (Wildman–Crippen LogP) is 12.3. The van der Waals surface area contributed by atoms with Gasteiger partial charge in [-0.2, -0.15) is 0 Å². The van der Waals surface area contributed by atoms with Crippen molar-refractivity contribution in [3.05, 3.63) is 146 Å². The molecule has 2 heterocycles. The second-order valence-corrected chi connectivity index (χ2v) is 11.6. The summed E-state index contributed by atoms with van der Waals surface area (Å²) in [4.78, 5) is 0. The molecule has 2 nitrogen and oxygen atoms in total. The van der Waals surface area contributed by atoms with Gasteiger partial charge in [-0.3, -0.25) is 0 Å². The van der Waals surface area contributed by atoms with E-state index in [-0.39, 0.29) is 0 Å². The summed E-state index contributed by atoms with van der Waals surface area (Å²) < 4.78 is 12.7. The standard InChI is InChI=1S/C42H24O2/c1-2-10-28(26-18-22-40-38(24-26)36-21-20-35-34-15-7-8-16-39(34)43-41(35)42(36)44-40)27(9-1)25-17-19-33-31-13-4-3-11-29(31)30-12-5-6-14-32(30)37(33)23-25/h1-24H. The van der Waals surface area contributed by atoms with E-state index in [1.54, 1.807) is 0 Å². The van der Waals surface area contributed by atoms with Crippen molar-refractivity contribution in [2.24, 2.45) is 0 Å². The number of para-hydroxylation sites is 1. The Balaban J connectivity index is 1.18. The van der Waals surface area contributed by atoms with E-state index in [4.69, 9.17) is 8.83 Å². The lowest BCUT2D eigenvalue weighted by molar-refractivity contribution is 0.633. The second-order valence-electron chi connectivity index (χ2n) is 11.6. The Morgan fingerprint density at radius 2 is 0.682 bits per heavy atom. The Hall–Kier alpha value is -5.86. The largest absolute Gasteiger partial charge is 0.452 e. The Bertz CT molecular complexity index is 2740. The molecule has 8 aromatic carbocycles. The zero-order valence-corrected chi connectivity index (χ0v) is 23.7. The molecule has 0 aliphatic heterocycles. The molecule has 2 aromatic heterocycles. The Kier molecular flexibility index (Phi) is 4.75. The molecule has 0 saturated carbocycles. The Morgan fingerprint density at radius 1 is 0.273 bits per heavy atom. The van der Waals surface area contributed by atoms with Crippen LogP contribution in [-0.2, 0) is 0 Å². The number of rotatable bonds is 2. The molecule has 0 unspecified atom stereocenters. The summed E-state index contributed by atoms with van der Waals surface area (Å²) in [5, 5.41) is 12.0. The van der Waals surface area contributed by atoms with Crippen molar-refractivity contribution >= 4 is 76.2 Å². The summed E-state index contributed by atoms with van der Waals surface area (Å²) in [7, 11) is 0. The van der Waals surface area contributed by atoms with Crippen LogP contribution in [0.3, 0.4) is 0 Å². The summed E-state index contributed by atoms with van der Waals surface area (Å²) in [6, 6.07) is 52.1. The number of hydrogen-bond acceptors (Lipinski definition) is 2. The second kappa shape index (κ2) is 8.82. The molecule has 204 valence electrons. The molecule has 0 bridgehead atoms. The van der Waals surface area contributed by atoms with Gasteiger partial charge in [-0.05, 0) is 91.0 Å². The molecule has 0 aliphatic carbocycles. The maximum Gasteiger partial charge on any atom is 0.178 e. The van der Waals surface area contributed by atoms with E-state index < -0.39 is 0 Å². The summed E-state index contributed by atoms with van der Waals surface area (Å²) >= 11 is 0. The molecule has 10 rings (SSSR count). The lowest BCUT2D eigenvalue weighted by atomic mass is 9.89. The first-order chi connectivity index (χ1) is 21.8. The molecule has 44 heavy (non-hydrogen) atoms. The average Bonchev–Trinajstić information content (AvgIpc) is 3.66. The molecule has 0 atom stereocenters. The van der Waals surface area contributed by atoms with Crippen molar-refractivity contribution in [2.45, 2.75) is 0 Å². The topological polar surface area (TPSA) is 26.3 Å². The van der Waals surface area contributed by atoms with E-state index in [2.05, 4.69) is 127 Å². The number of benzene rings is 8. The third-order valence-corrected chi connectivity index (χ3v) is 9.28. The van der Waals surface area contributed by atoms with Crippen LogP contribution in [-0.4, -0.2) is 0 Å². The van der Waals surface area contributed by atoms with E-state index in [9.17, 15) is 0 Å². The lowest BCUT2D eigenvalue weighted by Gasteiger charge is -2.14. The molecular weight excluding hydrogens is 536 g/mol. The maximum atomic E-state index is 6.43. The predicted molar refractivity (Wildman–Crippen MR) is 184 cm³/mol. The van der Waals surface area contributed by atoms with Crippen LogP contribution in [0.4, 0.5) is 0 Å². The van der Waals surface area contributed by atoms with Crippen LogP contribution >= 0.6 is 0 Å². The normalized spacial score (nSPS) is 12.1. The van der Waals surface area contributed by atoms with Crippen LogP contribution in [0.1, 0.15) is 0 Å². The third-order valence-electron chi connectivity index (χ3n) is 9.28. The van der Waals surface area contributed by atoms with Gasteiger partial charge in [0.05, 0.1) is 0 Å². The summed E-state index contributed by atoms with van der Waals surface area (Å²) in [6.07, 6.45) is 0. The van der Waals surface area contributed by atoms with Crippen LogP contribution in [0, 0.1) is 0 Å². The van der Waals surface area contributed by atoms with Gasteiger partial charge in [-0.25, -0.2) is 0 Å². The van der Waals surface area contributed by atoms with Crippen molar-refractivity contribution < 1.29 is 8.83 Å². The Morgan fingerprint density at radius 3 is 1.32 bits per heavy atom. The first-order valence-corrected chi connectivity index (χ1v) is 15.0. The molecule has 0 radical (unpaired) electrons. The fourth-order valence-corrected chi connectivity index (χ4v) is 7.25. The van der Waals surface area contributed by atoms with Gasteiger partial charge in [0.1, 0.15) is 11.2 Å². The van der Waals surface area contributed by atoms with Gasteiger partial charge < -0.3 is 8.83 Å². The highest BCUT2D eigenvalue weighted by Gasteiger charge is 2.17. The third kappa shape index (κ3) is 3.25. The highest BCUT2D eigenvalue weighted by molar-refractivity contribution is 6.26. The minimum Gasteiger partial charge on any atom is -0.452 e. The molecule has 0 spiro atoms. The van der Waals surface area contributed by atoms with Crippen molar-refractivity contribution in [1.82, 2.24) is 0 Å². The molecule has 0 saturated heterocycles. The van der Waals surface area contributed by atoms with Crippen molar-refractivity contribution in [2.75, 3.05) is 0 Å². The smallest absolute Gasteiger partial charge is 0.178 e. The minimum atomic E-state index is 0.799. The van der Waals surface area contributed by atoms with Crippen molar-refractivity contribution in [1.29, 1.82) is 0 Å². The van der Waals surface area contributed by atoms with Gasteiger partial charge in [-0.1, -0.05) is 109 Å². The molecular formula is C42H24O2. The molecule has 0 aliphatic rings. The van der Waals surface area contributed by atoms with E-state index in [1.807, 2.05) is 18.2 Å². The van der Waals surface area contributed by atoms with Gasteiger partial charge in [-0.15, -0.1) is 0 Å². The van der Waals surface area contributed by atoms with E-state index in [0.717, 1.165) is 49.4 Å². The first-order valence-electron chi connectivity index (χ1n) is 15.0. The van der Waals surface area contributed by atoms with Gasteiger partial charge in [0, 0.05) is 21.5 Å². The van der Waals surface area contributed by atoms with E-state index >= 15 is 0 Å². The fraction of sp³-hybridized carbons (Fsp3) is 0. The highest BCUT2D eigenvalue weighted by atomic mass is 16.4. The molecule has 0 amide bonds. The highest BCUT2D eigenvalue weighted by Crippen LogP contribution is 2.42. The zero-order chi connectivity index (χ0) is 28.8. The summed E-state index contributed by atoms with van der Waals surface area (Å²) in [5.41, 5.74) is 8.10. The number of hydrogen-bond donors (Lipinski definition) is 0. The minimum absolute atomic E-state index is 0.799. The molecule has 0 fully saturated rings. The van der Waals surface area contributed by atoms with Crippen molar-refractivity contribution in [3.63, 3.8) is 0 Å². The fourth-order valence-electron chi connectivity index (χ4n) is 7.25. The van der Waals surface area contributed by atoms with Gasteiger partial charge in [0.15, 0.2) is 11.2 Å². The van der Waals surface area contributed by atoms with Crippen LogP contribution in [0.15, 0.2) is 154 Å². The lowest BCUT2D eigenvalue weighted by Crippen LogP contribution is -1.87. The molecule has 0 N–H and O–H groups in total. The average molecular weight is 561 g/mol. The maximum absolute atomic E-state index is 6.43. The van der Waals surface area contributed by atoms with Crippen molar-refractivity contribution in [3.8, 4) is 22.3 Å². The van der Waals surface area contributed by atoms with Crippen LogP contribution in [0.25, 0.3) is 98.4 Å². The molecule has 2 heteroatoms. The zero-order valence-electron chi connectivity index (χ0n) is 23.7. The summed E-state index contributed by atoms with van der Waals surface area (Å²) in [6.45, 7) is 0. The van der Waals surface area contributed by atoms with E-state index in [0.29, 0.717) is 0 Å². The van der Waals surface area contributed by atoms with Crippen LogP contribution in [0.2, 0.25) is 0 Å². The van der Waals surface area contributed by atoms with Gasteiger partial charge in [0.2, 0.25) is 0 Å². The van der Waals surface area contributed by atoms with E-state index in [1.165, 1.54) is 49.0 Å². The summed E-state index contributed by atoms with van der Waals surface area (Å²) in [5.74, 6) is 0. The SMILES string of the molecule is c1ccc(-c2ccc3c4ccccc4c4ccccc4c3c2)c(-c2ccc3oc4c(ccc5c6ccccc6oc54)c3c2)c1. The Labute approximate surface area is 252 Å². The number of fused-ring (bicyclic) bond motifs is 13. The number of furan rings is 2. The monoisotopic (exact) mass is 560 g/mol. The quantitative estimate of drug-likeness (QED) is 0.197. The van der Waals surface area contributed by atoms with Gasteiger partial charge in [0.25, 0.3) is 0 Å².